The van der Waals surface area contributed by atoms with E-state index in [-0.39, 0.29) is 11.2 Å². The zero-order valence-electron chi connectivity index (χ0n) is 12.6. The van der Waals surface area contributed by atoms with Crippen molar-refractivity contribution in [2.75, 3.05) is 5.32 Å². The standard InChI is InChI=1S/C15H15N3O2S3/c1-9-5-13(18-20-9)17-14(19)10(2)22-7-12-8-23-15(16-12)11-3-4-21-6-11/h3-6,8,10H,7H2,1-2H3,(H,17,18,19). The molecule has 1 unspecified atom stereocenters. The van der Waals surface area contributed by atoms with Crippen LogP contribution in [0.1, 0.15) is 18.4 Å². The third-order valence-corrected chi connectivity index (χ3v) is 5.85. The fraction of sp³-hybridized carbons (Fsp3) is 0.267. The topological polar surface area (TPSA) is 68.0 Å². The first kappa shape index (κ1) is 16.2. The van der Waals surface area contributed by atoms with Gasteiger partial charge in [0.2, 0.25) is 5.91 Å². The molecule has 120 valence electrons. The van der Waals surface area contributed by atoms with Gasteiger partial charge in [-0.25, -0.2) is 4.98 Å². The quantitative estimate of drug-likeness (QED) is 0.700. The Hall–Kier alpha value is -1.64. The molecular weight excluding hydrogens is 350 g/mol. The molecule has 0 saturated heterocycles. The van der Waals surface area contributed by atoms with Crippen LogP contribution in [-0.2, 0) is 10.5 Å². The molecular formula is C15H15N3O2S3. The average Bonchev–Trinajstić information content (AvgIpc) is 3.26. The van der Waals surface area contributed by atoms with Gasteiger partial charge >= 0.3 is 0 Å². The van der Waals surface area contributed by atoms with Crippen molar-refractivity contribution in [2.24, 2.45) is 0 Å². The monoisotopic (exact) mass is 365 g/mol. The van der Waals surface area contributed by atoms with Crippen LogP contribution < -0.4 is 5.32 Å². The normalized spacial score (nSPS) is 12.3. The highest BCUT2D eigenvalue weighted by Gasteiger charge is 2.16. The Morgan fingerprint density at radius 1 is 1.48 bits per heavy atom. The van der Waals surface area contributed by atoms with Gasteiger partial charge in [-0.1, -0.05) is 5.16 Å². The number of aromatic nitrogens is 2. The second-order valence-corrected chi connectivity index (χ2v) is 7.89. The lowest BCUT2D eigenvalue weighted by molar-refractivity contribution is -0.115. The summed E-state index contributed by atoms with van der Waals surface area (Å²) in [6.07, 6.45) is 0. The van der Waals surface area contributed by atoms with E-state index < -0.39 is 0 Å². The minimum absolute atomic E-state index is 0.0865. The molecule has 1 amide bonds. The zero-order valence-corrected chi connectivity index (χ0v) is 15.1. The van der Waals surface area contributed by atoms with Gasteiger partial charge in [-0.05, 0) is 25.3 Å². The number of anilines is 1. The van der Waals surface area contributed by atoms with Crippen molar-refractivity contribution in [3.8, 4) is 10.6 Å². The van der Waals surface area contributed by atoms with Crippen LogP contribution in [0.2, 0.25) is 0 Å². The van der Waals surface area contributed by atoms with E-state index in [1.165, 1.54) is 0 Å². The number of nitrogens with one attached hydrogen (secondary N) is 1. The number of thiazole rings is 1. The molecule has 0 aliphatic carbocycles. The van der Waals surface area contributed by atoms with Crippen molar-refractivity contribution < 1.29 is 9.32 Å². The van der Waals surface area contributed by atoms with E-state index in [1.54, 1.807) is 47.4 Å². The number of amides is 1. The third-order valence-electron chi connectivity index (χ3n) is 3.05. The van der Waals surface area contributed by atoms with Crippen LogP contribution in [-0.4, -0.2) is 21.3 Å². The number of thioether (sulfide) groups is 1. The summed E-state index contributed by atoms with van der Waals surface area (Å²) in [7, 11) is 0. The van der Waals surface area contributed by atoms with Crippen molar-refractivity contribution in [3.05, 3.63) is 39.7 Å². The summed E-state index contributed by atoms with van der Waals surface area (Å²) in [5.41, 5.74) is 2.15. The number of rotatable bonds is 6. The highest BCUT2D eigenvalue weighted by Crippen LogP contribution is 2.28. The van der Waals surface area contributed by atoms with E-state index in [0.717, 1.165) is 16.3 Å². The lowest BCUT2D eigenvalue weighted by Crippen LogP contribution is -2.22. The van der Waals surface area contributed by atoms with Crippen molar-refractivity contribution in [2.45, 2.75) is 24.9 Å². The second kappa shape index (κ2) is 7.29. The van der Waals surface area contributed by atoms with Crippen molar-refractivity contribution in [1.29, 1.82) is 0 Å². The lowest BCUT2D eigenvalue weighted by Gasteiger charge is -2.09. The summed E-state index contributed by atoms with van der Waals surface area (Å²) in [5.74, 6) is 1.74. The molecule has 3 rings (SSSR count). The number of hydrogen-bond donors (Lipinski definition) is 1. The molecule has 0 radical (unpaired) electrons. The van der Waals surface area contributed by atoms with Gasteiger partial charge in [-0.3, -0.25) is 4.79 Å². The van der Waals surface area contributed by atoms with Gasteiger partial charge in [0.1, 0.15) is 10.8 Å². The Balaban J connectivity index is 1.52. The van der Waals surface area contributed by atoms with E-state index in [4.69, 9.17) is 4.52 Å². The Morgan fingerprint density at radius 2 is 2.35 bits per heavy atom. The smallest absolute Gasteiger partial charge is 0.238 e. The molecule has 1 atom stereocenters. The fourth-order valence-corrected chi connectivity index (χ4v) is 4.25. The molecule has 0 aliphatic rings. The van der Waals surface area contributed by atoms with Gasteiger partial charge in [-0.15, -0.1) is 23.1 Å². The van der Waals surface area contributed by atoms with Crippen molar-refractivity contribution >= 4 is 46.2 Å². The molecule has 8 heteroatoms. The van der Waals surface area contributed by atoms with Crippen LogP contribution in [0.5, 0.6) is 0 Å². The summed E-state index contributed by atoms with van der Waals surface area (Å²) >= 11 is 4.85. The minimum Gasteiger partial charge on any atom is -0.360 e. The molecule has 3 aromatic rings. The summed E-state index contributed by atoms with van der Waals surface area (Å²) < 4.78 is 4.93. The molecule has 0 bridgehead atoms. The van der Waals surface area contributed by atoms with Gasteiger partial charge in [0, 0.05) is 28.1 Å². The summed E-state index contributed by atoms with van der Waals surface area (Å²) in [6, 6.07) is 3.76. The van der Waals surface area contributed by atoms with E-state index >= 15 is 0 Å². The fourth-order valence-electron chi connectivity index (χ4n) is 1.83. The molecule has 5 nitrogen and oxygen atoms in total. The largest absolute Gasteiger partial charge is 0.360 e. The highest BCUT2D eigenvalue weighted by molar-refractivity contribution is 7.99. The number of nitrogens with zero attached hydrogens (tertiary/aromatic N) is 2. The first-order valence-corrected chi connectivity index (χ1v) is 9.81. The average molecular weight is 366 g/mol. The molecule has 0 saturated carbocycles. The number of hydrogen-bond acceptors (Lipinski definition) is 7. The number of carbonyl (C=O) groups excluding carboxylic acids is 1. The second-order valence-electron chi connectivity index (χ2n) is 4.92. The number of thiophene rings is 1. The Bertz CT molecular complexity index is 780. The predicted molar refractivity (Wildman–Crippen MR) is 96.1 cm³/mol. The maximum atomic E-state index is 12.1. The maximum absolute atomic E-state index is 12.1. The van der Waals surface area contributed by atoms with Gasteiger partial charge in [0.15, 0.2) is 5.82 Å². The number of aryl methyl sites for hydroxylation is 1. The zero-order chi connectivity index (χ0) is 16.2. The van der Waals surface area contributed by atoms with Gasteiger partial charge in [0.05, 0.1) is 10.9 Å². The number of carbonyl (C=O) groups is 1. The van der Waals surface area contributed by atoms with E-state index in [2.05, 4.69) is 26.9 Å². The molecule has 3 aromatic heterocycles. The molecule has 23 heavy (non-hydrogen) atoms. The van der Waals surface area contributed by atoms with Crippen LogP contribution in [0, 0.1) is 6.92 Å². The Labute approximate surface area is 146 Å². The maximum Gasteiger partial charge on any atom is 0.238 e. The van der Waals surface area contributed by atoms with Crippen LogP contribution in [0.4, 0.5) is 5.82 Å². The van der Waals surface area contributed by atoms with Crippen LogP contribution in [0.3, 0.4) is 0 Å². The first-order chi connectivity index (χ1) is 11.1. The van der Waals surface area contributed by atoms with Crippen LogP contribution in [0.15, 0.2) is 32.8 Å². The van der Waals surface area contributed by atoms with Crippen molar-refractivity contribution in [1.82, 2.24) is 10.1 Å². The highest BCUT2D eigenvalue weighted by atomic mass is 32.2. The summed E-state index contributed by atoms with van der Waals surface area (Å²) in [4.78, 5) is 16.7. The molecule has 0 fully saturated rings. The van der Waals surface area contributed by atoms with Gasteiger partial charge < -0.3 is 9.84 Å². The van der Waals surface area contributed by atoms with Crippen LogP contribution in [0.25, 0.3) is 10.6 Å². The van der Waals surface area contributed by atoms with E-state index in [9.17, 15) is 4.79 Å². The van der Waals surface area contributed by atoms with E-state index in [0.29, 0.717) is 17.3 Å². The van der Waals surface area contributed by atoms with Crippen molar-refractivity contribution in [3.63, 3.8) is 0 Å². The predicted octanol–water partition coefficient (Wildman–Crippen LogP) is 4.43. The SMILES string of the molecule is Cc1cc(NC(=O)C(C)SCc2csc(-c3ccsc3)n2)no1. The molecule has 0 aliphatic heterocycles. The Kier molecular flexibility index (Phi) is 5.14. The Morgan fingerprint density at radius 3 is 3.04 bits per heavy atom. The molecule has 0 spiro atoms. The van der Waals surface area contributed by atoms with Gasteiger partial charge in [-0.2, -0.15) is 11.3 Å². The first-order valence-electron chi connectivity index (χ1n) is 6.94. The lowest BCUT2D eigenvalue weighted by atomic mass is 10.4. The molecule has 3 heterocycles. The van der Waals surface area contributed by atoms with Gasteiger partial charge in [0.25, 0.3) is 0 Å². The molecule has 0 aromatic carbocycles. The van der Waals surface area contributed by atoms with Crippen LogP contribution >= 0.6 is 34.4 Å². The summed E-state index contributed by atoms with van der Waals surface area (Å²) in [6.45, 7) is 3.66. The third kappa shape index (κ3) is 4.21. The minimum atomic E-state index is -0.196. The molecule has 1 N–H and O–H groups in total. The summed E-state index contributed by atoms with van der Waals surface area (Å²) in [5, 5.41) is 13.5. The van der Waals surface area contributed by atoms with E-state index in [1.807, 2.05) is 17.7 Å².